The second-order valence-electron chi connectivity index (χ2n) is 5.47. The highest BCUT2D eigenvalue weighted by Crippen LogP contribution is 2.25. The first-order valence-corrected chi connectivity index (χ1v) is 8.15. The average molecular weight is 300 g/mol. The highest BCUT2D eigenvalue weighted by Gasteiger charge is 2.29. The third-order valence-electron chi connectivity index (χ3n) is 3.66. The first kappa shape index (κ1) is 16.9. The fourth-order valence-corrected chi connectivity index (χ4v) is 3.92. The molecule has 1 unspecified atom stereocenters. The summed E-state index contributed by atoms with van der Waals surface area (Å²) in [5, 5.41) is 9.09. The van der Waals surface area contributed by atoms with Crippen LogP contribution in [-0.2, 0) is 10.0 Å². The van der Waals surface area contributed by atoms with E-state index in [0.29, 0.717) is 24.1 Å². The van der Waals surface area contributed by atoms with Gasteiger partial charge >= 0.3 is 0 Å². The molecule has 0 amide bonds. The molecule has 1 rings (SSSR count). The van der Waals surface area contributed by atoms with Gasteiger partial charge in [0.2, 0.25) is 10.0 Å². The summed E-state index contributed by atoms with van der Waals surface area (Å²) in [6, 6.07) is 3.37. The van der Waals surface area contributed by atoms with Gasteiger partial charge in [-0.15, -0.1) is 0 Å². The summed E-state index contributed by atoms with van der Waals surface area (Å²) in [6.07, 6.45) is 0.955. The number of nitrogens with one attached hydrogen (secondary N) is 1. The van der Waals surface area contributed by atoms with Crippen molar-refractivity contribution in [1.82, 2.24) is 4.72 Å². The van der Waals surface area contributed by atoms with Crippen molar-refractivity contribution in [1.29, 1.82) is 0 Å². The Morgan fingerprint density at radius 2 is 1.95 bits per heavy atom. The molecule has 0 radical (unpaired) electrons. The van der Waals surface area contributed by atoms with Crippen molar-refractivity contribution in [2.75, 3.05) is 12.3 Å². The van der Waals surface area contributed by atoms with Gasteiger partial charge in [-0.25, -0.2) is 13.1 Å². The van der Waals surface area contributed by atoms with Crippen LogP contribution in [0, 0.1) is 13.8 Å². The van der Waals surface area contributed by atoms with E-state index < -0.39 is 15.6 Å². The monoisotopic (exact) mass is 300 g/mol. The van der Waals surface area contributed by atoms with Crippen LogP contribution in [0.15, 0.2) is 17.0 Å². The molecule has 0 aliphatic rings. The third kappa shape index (κ3) is 3.71. The molecule has 0 aliphatic carbocycles. The highest BCUT2D eigenvalue weighted by molar-refractivity contribution is 7.89. The Bertz CT molecular complexity index is 584. The lowest BCUT2D eigenvalue weighted by Crippen LogP contribution is -2.46. The number of anilines is 1. The van der Waals surface area contributed by atoms with Crippen LogP contribution in [0.4, 0.5) is 5.69 Å². The molecule has 6 heteroatoms. The van der Waals surface area contributed by atoms with E-state index in [1.807, 2.05) is 13.8 Å². The van der Waals surface area contributed by atoms with Crippen LogP contribution in [0.5, 0.6) is 0 Å². The van der Waals surface area contributed by atoms with Crippen LogP contribution < -0.4 is 10.5 Å². The summed E-state index contributed by atoms with van der Waals surface area (Å²) in [7, 11) is -3.67. The normalized spacial score (nSPS) is 15.1. The van der Waals surface area contributed by atoms with Crippen molar-refractivity contribution in [3.8, 4) is 0 Å². The lowest BCUT2D eigenvalue weighted by Gasteiger charge is -2.29. The first-order chi connectivity index (χ1) is 9.15. The largest absolute Gasteiger partial charge is 0.398 e. The Morgan fingerprint density at radius 3 is 2.45 bits per heavy atom. The molecule has 4 N–H and O–H groups in total. The smallest absolute Gasteiger partial charge is 0.241 e. The van der Waals surface area contributed by atoms with Gasteiger partial charge in [0.1, 0.15) is 0 Å². The van der Waals surface area contributed by atoms with Crippen LogP contribution in [0.2, 0.25) is 0 Å². The Morgan fingerprint density at radius 1 is 1.35 bits per heavy atom. The molecule has 1 aromatic carbocycles. The molecule has 0 aliphatic heterocycles. The van der Waals surface area contributed by atoms with Gasteiger partial charge in [-0.05, 0) is 56.9 Å². The molecule has 5 nitrogen and oxygen atoms in total. The number of aryl methyl sites for hydroxylation is 1. The number of aliphatic hydroxyl groups is 1. The zero-order valence-corrected chi connectivity index (χ0v) is 13.3. The van der Waals surface area contributed by atoms with Gasteiger partial charge in [-0.3, -0.25) is 0 Å². The van der Waals surface area contributed by atoms with Crippen molar-refractivity contribution >= 4 is 15.7 Å². The minimum Gasteiger partial charge on any atom is -0.398 e. The maximum atomic E-state index is 12.6. The summed E-state index contributed by atoms with van der Waals surface area (Å²) in [5.41, 5.74) is 6.98. The molecular formula is C14H24N2O3S. The van der Waals surface area contributed by atoms with Crippen LogP contribution >= 0.6 is 0 Å². The van der Waals surface area contributed by atoms with Gasteiger partial charge < -0.3 is 10.8 Å². The molecule has 114 valence electrons. The number of nitrogens with two attached hydrogens (primary N) is 1. The van der Waals surface area contributed by atoms with Crippen molar-refractivity contribution in [2.45, 2.75) is 51.0 Å². The maximum absolute atomic E-state index is 12.6. The van der Waals surface area contributed by atoms with Crippen molar-refractivity contribution in [3.05, 3.63) is 23.3 Å². The fourth-order valence-electron chi connectivity index (χ4n) is 2.06. The average Bonchev–Trinajstić information content (AvgIpc) is 2.33. The van der Waals surface area contributed by atoms with Crippen molar-refractivity contribution in [3.63, 3.8) is 0 Å². The number of hydrogen-bond donors (Lipinski definition) is 3. The maximum Gasteiger partial charge on any atom is 0.241 e. The van der Waals surface area contributed by atoms with Gasteiger partial charge in [0.25, 0.3) is 0 Å². The van der Waals surface area contributed by atoms with Crippen LogP contribution in [0.25, 0.3) is 0 Å². The highest BCUT2D eigenvalue weighted by atomic mass is 32.2. The molecule has 0 aromatic heterocycles. The van der Waals surface area contributed by atoms with Crippen molar-refractivity contribution < 1.29 is 13.5 Å². The molecule has 0 bridgehead atoms. The number of aliphatic hydroxyl groups excluding tert-OH is 1. The van der Waals surface area contributed by atoms with Gasteiger partial charge in [0.15, 0.2) is 0 Å². The van der Waals surface area contributed by atoms with Gasteiger partial charge in [-0.1, -0.05) is 6.92 Å². The van der Waals surface area contributed by atoms with Gasteiger partial charge in [0, 0.05) is 17.8 Å². The quantitative estimate of drug-likeness (QED) is 0.697. The Balaban J connectivity index is 3.24. The Hall–Kier alpha value is -1.11. The van der Waals surface area contributed by atoms with E-state index in [1.54, 1.807) is 26.0 Å². The summed E-state index contributed by atoms with van der Waals surface area (Å²) in [5.74, 6) is 0. The predicted molar refractivity (Wildman–Crippen MR) is 81.0 cm³/mol. The summed E-state index contributed by atoms with van der Waals surface area (Å²) < 4.78 is 27.8. The topological polar surface area (TPSA) is 92.4 Å². The van der Waals surface area contributed by atoms with E-state index in [-0.39, 0.29) is 11.5 Å². The predicted octanol–water partition coefficient (Wildman–Crippen LogP) is 1.72. The van der Waals surface area contributed by atoms with E-state index in [9.17, 15) is 8.42 Å². The molecule has 0 saturated carbocycles. The molecule has 0 fully saturated rings. The van der Waals surface area contributed by atoms with E-state index >= 15 is 0 Å². The second kappa shape index (κ2) is 6.11. The lowest BCUT2D eigenvalue weighted by atomic mass is 9.97. The summed E-state index contributed by atoms with van der Waals surface area (Å²) >= 11 is 0. The standard InChI is InChI=1S/C14H24N2O3S/c1-5-14(4,6-7-17)16-20(18,19)13-9-10(2)8-12(15)11(13)3/h8-9,16-17H,5-7,15H2,1-4H3. The van der Waals surface area contributed by atoms with E-state index in [1.165, 1.54) is 0 Å². The summed E-state index contributed by atoms with van der Waals surface area (Å²) in [6.45, 7) is 7.10. The first-order valence-electron chi connectivity index (χ1n) is 6.67. The van der Waals surface area contributed by atoms with E-state index in [0.717, 1.165) is 5.56 Å². The molecule has 0 heterocycles. The summed E-state index contributed by atoms with van der Waals surface area (Å²) in [4.78, 5) is 0.201. The molecular weight excluding hydrogens is 276 g/mol. The van der Waals surface area contributed by atoms with E-state index in [4.69, 9.17) is 10.8 Å². The van der Waals surface area contributed by atoms with E-state index in [2.05, 4.69) is 4.72 Å². The van der Waals surface area contributed by atoms with Crippen LogP contribution in [-0.4, -0.2) is 25.7 Å². The van der Waals surface area contributed by atoms with Gasteiger partial charge in [-0.2, -0.15) is 0 Å². The zero-order chi connectivity index (χ0) is 15.6. The molecule has 0 saturated heterocycles. The third-order valence-corrected chi connectivity index (χ3v) is 5.42. The van der Waals surface area contributed by atoms with Crippen LogP contribution in [0.1, 0.15) is 37.8 Å². The minimum atomic E-state index is -3.67. The number of rotatable bonds is 6. The molecule has 0 spiro atoms. The number of sulfonamides is 1. The fraction of sp³-hybridized carbons (Fsp3) is 0.571. The zero-order valence-electron chi connectivity index (χ0n) is 12.5. The molecule has 1 atom stereocenters. The van der Waals surface area contributed by atoms with Crippen LogP contribution in [0.3, 0.4) is 0 Å². The Labute approximate surface area is 121 Å². The number of benzene rings is 1. The second-order valence-corrected chi connectivity index (χ2v) is 7.12. The lowest BCUT2D eigenvalue weighted by molar-refractivity contribution is 0.233. The SMILES string of the molecule is CCC(C)(CCO)NS(=O)(=O)c1cc(C)cc(N)c1C. The Kier molecular flexibility index (Phi) is 5.18. The van der Waals surface area contributed by atoms with Gasteiger partial charge in [0.05, 0.1) is 4.90 Å². The number of nitrogen functional groups attached to an aromatic ring is 1. The van der Waals surface area contributed by atoms with Crippen molar-refractivity contribution in [2.24, 2.45) is 0 Å². The minimum absolute atomic E-state index is 0.0677. The molecule has 1 aromatic rings. The molecule has 20 heavy (non-hydrogen) atoms. The number of hydrogen-bond acceptors (Lipinski definition) is 4.